The third-order valence-corrected chi connectivity index (χ3v) is 5.74. The highest BCUT2D eigenvalue weighted by Crippen LogP contribution is 2.14. The molecule has 2 N–H and O–H groups in total. The smallest absolute Gasteiger partial charge is 0.397 e. The maximum absolute atomic E-state index is 11.5. The highest BCUT2D eigenvalue weighted by Gasteiger charge is 2.22. The maximum atomic E-state index is 11.5. The summed E-state index contributed by atoms with van der Waals surface area (Å²) in [6.45, 7) is 4.58. The lowest BCUT2D eigenvalue weighted by molar-refractivity contribution is -0.891. The number of quaternary nitrogens is 2. The van der Waals surface area contributed by atoms with Crippen molar-refractivity contribution in [3.8, 4) is 0 Å². The Kier molecular flexibility index (Phi) is 14.2. The van der Waals surface area contributed by atoms with Crippen molar-refractivity contribution < 1.29 is 48.6 Å². The quantitative estimate of drug-likeness (QED) is 0.0943. The van der Waals surface area contributed by atoms with Crippen LogP contribution in [0.5, 0.6) is 0 Å². The summed E-state index contributed by atoms with van der Waals surface area (Å²) in [7, 11) is 3.75. The topological polar surface area (TPSA) is 136 Å². The van der Waals surface area contributed by atoms with Crippen molar-refractivity contribution in [1.82, 2.24) is 0 Å². The summed E-state index contributed by atoms with van der Waals surface area (Å²) in [6.07, 6.45) is 3.18. The lowest BCUT2D eigenvalue weighted by Gasteiger charge is -2.32. The molecule has 0 fully saturated rings. The van der Waals surface area contributed by atoms with E-state index in [1.807, 2.05) is 14.1 Å². The fourth-order valence-corrected chi connectivity index (χ4v) is 3.83. The third-order valence-electron chi connectivity index (χ3n) is 4.91. The van der Waals surface area contributed by atoms with Crippen LogP contribution in [0.2, 0.25) is 0 Å². The first-order chi connectivity index (χ1) is 14.1. The van der Waals surface area contributed by atoms with Gasteiger partial charge in [0.05, 0.1) is 67.6 Å². The fourth-order valence-electron chi connectivity index (χ4n) is 3.24. The molecule has 0 aromatic heterocycles. The van der Waals surface area contributed by atoms with Crippen LogP contribution in [0, 0.1) is 0 Å². The Hall–Kier alpha value is -0.670. The first-order valence-electron chi connectivity index (χ1n) is 10.3. The normalized spacial score (nSPS) is 14.9. The molecule has 0 aromatic rings. The SMILES string of the molecule is CC(=O)OC(CCC[N+](C)(C)CCCOS(=O)(=O)O)CC[N+](C)(C)CCCOS(=O)O. The molecule has 0 heterocycles. The molecule has 31 heavy (non-hydrogen) atoms. The molecule has 0 saturated carbocycles. The predicted molar refractivity (Wildman–Crippen MR) is 117 cm³/mol. The molecule has 0 bridgehead atoms. The van der Waals surface area contributed by atoms with Crippen LogP contribution in [0.25, 0.3) is 0 Å². The number of hydrogen-bond acceptors (Lipinski definition) is 7. The summed E-state index contributed by atoms with van der Waals surface area (Å²) in [5.74, 6) is -0.315. The summed E-state index contributed by atoms with van der Waals surface area (Å²) in [5, 5.41) is 0. The van der Waals surface area contributed by atoms with E-state index in [-0.39, 0.29) is 25.3 Å². The Labute approximate surface area is 189 Å². The molecule has 13 heteroatoms. The number of esters is 1. The van der Waals surface area contributed by atoms with Gasteiger partial charge in [0.25, 0.3) is 0 Å². The molecular weight excluding hydrogens is 452 g/mol. The molecule has 0 aromatic carbocycles. The Morgan fingerprint density at radius 1 is 0.935 bits per heavy atom. The Morgan fingerprint density at radius 3 is 1.97 bits per heavy atom. The van der Waals surface area contributed by atoms with Gasteiger partial charge in [-0.1, -0.05) is 0 Å². The molecule has 0 aliphatic rings. The second-order valence-corrected chi connectivity index (χ2v) is 10.7. The van der Waals surface area contributed by atoms with E-state index in [1.54, 1.807) is 0 Å². The zero-order valence-electron chi connectivity index (χ0n) is 19.3. The minimum absolute atomic E-state index is 0.0666. The zero-order chi connectivity index (χ0) is 24.1. The van der Waals surface area contributed by atoms with Crippen molar-refractivity contribution in [1.29, 1.82) is 0 Å². The first-order valence-corrected chi connectivity index (χ1v) is 12.7. The van der Waals surface area contributed by atoms with E-state index in [4.69, 9.17) is 13.8 Å². The van der Waals surface area contributed by atoms with Gasteiger partial charge in [0.15, 0.2) is 0 Å². The van der Waals surface area contributed by atoms with E-state index in [0.29, 0.717) is 34.8 Å². The van der Waals surface area contributed by atoms with E-state index < -0.39 is 21.8 Å². The largest absolute Gasteiger partial charge is 0.462 e. The number of carbonyl (C=O) groups excluding carboxylic acids is 1. The number of carbonyl (C=O) groups is 1. The van der Waals surface area contributed by atoms with Crippen molar-refractivity contribution in [2.75, 3.05) is 67.6 Å². The van der Waals surface area contributed by atoms with Crippen LogP contribution in [0.15, 0.2) is 0 Å². The van der Waals surface area contributed by atoms with Crippen molar-refractivity contribution in [2.24, 2.45) is 0 Å². The van der Waals surface area contributed by atoms with Crippen molar-refractivity contribution in [3.63, 3.8) is 0 Å². The van der Waals surface area contributed by atoms with Crippen LogP contribution in [0.4, 0.5) is 0 Å². The molecule has 186 valence electrons. The van der Waals surface area contributed by atoms with Crippen LogP contribution >= 0.6 is 0 Å². The van der Waals surface area contributed by atoms with Gasteiger partial charge in [-0.3, -0.25) is 18.1 Å². The van der Waals surface area contributed by atoms with Gasteiger partial charge in [0, 0.05) is 32.6 Å². The van der Waals surface area contributed by atoms with E-state index in [1.165, 1.54) is 6.92 Å². The molecule has 0 aliphatic heterocycles. The molecule has 0 spiro atoms. The van der Waals surface area contributed by atoms with Crippen LogP contribution in [0.3, 0.4) is 0 Å². The average molecular weight is 493 g/mol. The van der Waals surface area contributed by atoms with Crippen LogP contribution in [-0.4, -0.2) is 110 Å². The number of nitrogens with zero attached hydrogens (tertiary/aromatic N) is 2. The Morgan fingerprint density at radius 2 is 1.45 bits per heavy atom. The molecule has 0 aliphatic carbocycles. The van der Waals surface area contributed by atoms with Gasteiger partial charge in [-0.2, -0.15) is 12.6 Å². The third kappa shape index (κ3) is 19.7. The lowest BCUT2D eigenvalue weighted by Crippen LogP contribution is -2.44. The molecular formula is C18H40N2O9S2+2. The van der Waals surface area contributed by atoms with Gasteiger partial charge < -0.3 is 13.7 Å². The summed E-state index contributed by atoms with van der Waals surface area (Å²) in [5.41, 5.74) is 0. The highest BCUT2D eigenvalue weighted by molar-refractivity contribution is 7.80. The molecule has 0 saturated heterocycles. The predicted octanol–water partition coefficient (Wildman–Crippen LogP) is 0.994. The van der Waals surface area contributed by atoms with Crippen molar-refractivity contribution in [3.05, 3.63) is 0 Å². The Bertz CT molecular complexity index is 654. The highest BCUT2D eigenvalue weighted by atomic mass is 32.3. The number of ether oxygens (including phenoxy) is 1. The lowest BCUT2D eigenvalue weighted by atomic mass is 10.1. The van der Waals surface area contributed by atoms with Gasteiger partial charge in [-0.25, -0.2) is 4.18 Å². The van der Waals surface area contributed by atoms with E-state index in [2.05, 4.69) is 22.5 Å². The molecule has 0 amide bonds. The number of hydrogen-bond donors (Lipinski definition) is 2. The van der Waals surface area contributed by atoms with Gasteiger partial charge in [0.1, 0.15) is 6.10 Å². The minimum atomic E-state index is -4.40. The molecule has 2 unspecified atom stereocenters. The van der Waals surface area contributed by atoms with E-state index in [0.717, 1.165) is 32.5 Å². The summed E-state index contributed by atoms with van der Waals surface area (Å²) in [6, 6.07) is 0. The molecule has 2 atom stereocenters. The summed E-state index contributed by atoms with van der Waals surface area (Å²) in [4.78, 5) is 11.5. The van der Waals surface area contributed by atoms with E-state index in [9.17, 15) is 17.4 Å². The van der Waals surface area contributed by atoms with Crippen LogP contribution < -0.4 is 0 Å². The van der Waals surface area contributed by atoms with Gasteiger partial charge in [-0.15, -0.1) is 0 Å². The molecule has 0 radical (unpaired) electrons. The second kappa shape index (κ2) is 14.5. The first kappa shape index (κ1) is 30.3. The molecule has 11 nitrogen and oxygen atoms in total. The minimum Gasteiger partial charge on any atom is -0.462 e. The summed E-state index contributed by atoms with van der Waals surface area (Å²) >= 11 is -2.24. The second-order valence-electron chi connectivity index (χ2n) is 8.92. The van der Waals surface area contributed by atoms with Gasteiger partial charge >= 0.3 is 27.7 Å². The molecule has 0 rings (SSSR count). The van der Waals surface area contributed by atoms with Crippen molar-refractivity contribution >= 4 is 27.7 Å². The number of rotatable bonds is 18. The average Bonchev–Trinajstić information content (AvgIpc) is 2.59. The van der Waals surface area contributed by atoms with Crippen LogP contribution in [0.1, 0.15) is 39.0 Å². The van der Waals surface area contributed by atoms with Crippen molar-refractivity contribution in [2.45, 2.75) is 45.1 Å². The van der Waals surface area contributed by atoms with Gasteiger partial charge in [0.2, 0.25) is 0 Å². The fraction of sp³-hybridized carbons (Fsp3) is 0.944. The van der Waals surface area contributed by atoms with Crippen LogP contribution in [-0.2, 0) is 39.7 Å². The Balaban J connectivity index is 4.40. The van der Waals surface area contributed by atoms with Gasteiger partial charge in [-0.05, 0) is 6.42 Å². The zero-order valence-corrected chi connectivity index (χ0v) is 21.0. The van der Waals surface area contributed by atoms with E-state index >= 15 is 0 Å². The monoisotopic (exact) mass is 492 g/mol. The standard InChI is InChI=1S/C18H38N2O9S2/c1-17(21)29-18(10-14-20(4,5)12-7-15-27-30(22)23)9-6-11-19(2,3)13-8-16-28-31(24,25)26/h18H,6-16H2,1-5H3/p+2. The summed E-state index contributed by atoms with van der Waals surface area (Å²) < 4.78 is 64.7. The maximum Gasteiger partial charge on any atom is 0.397 e.